The van der Waals surface area contributed by atoms with E-state index in [0.717, 1.165) is 5.69 Å². The number of aromatic amines is 1. The smallest absolute Gasteiger partial charge is 0.251 e. The highest BCUT2D eigenvalue weighted by Crippen LogP contribution is 2.19. The van der Waals surface area contributed by atoms with Gasteiger partial charge in [0.25, 0.3) is 5.56 Å². The van der Waals surface area contributed by atoms with Crippen molar-refractivity contribution in [1.29, 1.82) is 0 Å². The van der Waals surface area contributed by atoms with E-state index < -0.39 is 6.10 Å². The number of ether oxygens (including phenoxy) is 1. The molecule has 3 rings (SSSR count). The summed E-state index contributed by atoms with van der Waals surface area (Å²) in [6.07, 6.45) is 2.40. The molecule has 1 saturated heterocycles. The Morgan fingerprint density at radius 2 is 2.33 bits per heavy atom. The molecule has 2 aromatic rings. The van der Waals surface area contributed by atoms with Crippen LogP contribution < -0.4 is 5.56 Å². The van der Waals surface area contributed by atoms with Crippen molar-refractivity contribution in [3.05, 3.63) is 45.9 Å². The summed E-state index contributed by atoms with van der Waals surface area (Å²) in [5.41, 5.74) is 1.45. The lowest BCUT2D eigenvalue weighted by molar-refractivity contribution is -0.139. The summed E-state index contributed by atoms with van der Waals surface area (Å²) in [7, 11) is 1.87. The first-order valence-electron chi connectivity index (χ1n) is 7.97. The van der Waals surface area contributed by atoms with Crippen molar-refractivity contribution in [3.63, 3.8) is 0 Å². The molecule has 24 heavy (non-hydrogen) atoms. The van der Waals surface area contributed by atoms with Gasteiger partial charge in [0.2, 0.25) is 5.91 Å². The van der Waals surface area contributed by atoms with Crippen LogP contribution in [0.15, 0.2) is 23.1 Å². The van der Waals surface area contributed by atoms with Crippen molar-refractivity contribution in [2.24, 2.45) is 7.05 Å². The minimum absolute atomic E-state index is 0.0690. The molecule has 2 aromatic heterocycles. The summed E-state index contributed by atoms with van der Waals surface area (Å²) in [6.45, 7) is 3.14. The summed E-state index contributed by atoms with van der Waals surface area (Å²) in [6, 6.07) is 3.35. The van der Waals surface area contributed by atoms with Crippen LogP contribution in [0.25, 0.3) is 0 Å². The molecule has 1 unspecified atom stereocenters. The van der Waals surface area contributed by atoms with Crippen LogP contribution >= 0.6 is 0 Å². The number of amides is 1. The van der Waals surface area contributed by atoms with Crippen molar-refractivity contribution >= 4 is 5.91 Å². The van der Waals surface area contributed by atoms with Crippen LogP contribution in [0, 0.1) is 6.92 Å². The number of H-pyrrole nitrogens is 1. The van der Waals surface area contributed by atoms with Gasteiger partial charge in [-0.1, -0.05) is 0 Å². The molecule has 8 heteroatoms. The maximum atomic E-state index is 12.5. The summed E-state index contributed by atoms with van der Waals surface area (Å²) >= 11 is 0. The molecule has 1 aliphatic heterocycles. The molecule has 1 aliphatic rings. The highest BCUT2D eigenvalue weighted by Gasteiger charge is 2.27. The molecular formula is C16H21N5O3. The van der Waals surface area contributed by atoms with E-state index in [2.05, 4.69) is 15.1 Å². The molecule has 0 bridgehead atoms. The second-order valence-electron chi connectivity index (χ2n) is 5.92. The van der Waals surface area contributed by atoms with Crippen molar-refractivity contribution < 1.29 is 9.53 Å². The molecule has 8 nitrogen and oxygen atoms in total. The van der Waals surface area contributed by atoms with Gasteiger partial charge in [0.1, 0.15) is 11.9 Å². The van der Waals surface area contributed by atoms with Gasteiger partial charge in [-0.3, -0.25) is 14.3 Å². The zero-order chi connectivity index (χ0) is 17.1. The van der Waals surface area contributed by atoms with Crippen LogP contribution in [0.4, 0.5) is 0 Å². The quantitative estimate of drug-likeness (QED) is 0.872. The SMILES string of the molecule is Cc1cc(=O)[nH]c(C2CN(C(=O)CCc3ccnn3C)CCO2)n1. The maximum absolute atomic E-state index is 12.5. The lowest BCUT2D eigenvalue weighted by Gasteiger charge is -2.32. The molecule has 1 N–H and O–H groups in total. The van der Waals surface area contributed by atoms with Crippen LogP contribution in [0.5, 0.6) is 0 Å². The standard InChI is InChI=1S/C16H21N5O3/c1-11-9-14(22)19-16(18-11)13-10-21(7-8-24-13)15(23)4-3-12-5-6-17-20(12)2/h5-6,9,13H,3-4,7-8,10H2,1-2H3,(H,18,19,22). The molecule has 1 atom stereocenters. The van der Waals surface area contributed by atoms with Gasteiger partial charge in [0.05, 0.1) is 13.2 Å². The Morgan fingerprint density at radius 1 is 1.50 bits per heavy atom. The molecule has 0 radical (unpaired) electrons. The van der Waals surface area contributed by atoms with Crippen LogP contribution in [-0.4, -0.2) is 50.3 Å². The number of morpholine rings is 1. The fourth-order valence-corrected chi connectivity index (χ4v) is 2.84. The van der Waals surface area contributed by atoms with Gasteiger partial charge in [-0.25, -0.2) is 4.98 Å². The average molecular weight is 331 g/mol. The molecular weight excluding hydrogens is 310 g/mol. The van der Waals surface area contributed by atoms with E-state index in [1.807, 2.05) is 13.1 Å². The van der Waals surface area contributed by atoms with Crippen molar-refractivity contribution in [2.75, 3.05) is 19.7 Å². The van der Waals surface area contributed by atoms with Crippen LogP contribution in [0.1, 0.15) is 29.7 Å². The summed E-state index contributed by atoms with van der Waals surface area (Å²) in [4.78, 5) is 32.8. The van der Waals surface area contributed by atoms with Crippen LogP contribution in [-0.2, 0) is 23.0 Å². The van der Waals surface area contributed by atoms with E-state index in [-0.39, 0.29) is 11.5 Å². The summed E-state index contributed by atoms with van der Waals surface area (Å²) in [5, 5.41) is 4.11. The Balaban J connectivity index is 1.63. The van der Waals surface area contributed by atoms with Crippen molar-refractivity contribution in [3.8, 4) is 0 Å². The Morgan fingerprint density at radius 3 is 3.04 bits per heavy atom. The molecule has 0 saturated carbocycles. The Labute approximate surface area is 139 Å². The second kappa shape index (κ2) is 6.96. The lowest BCUT2D eigenvalue weighted by Crippen LogP contribution is -2.43. The predicted molar refractivity (Wildman–Crippen MR) is 86.4 cm³/mol. The monoisotopic (exact) mass is 331 g/mol. The minimum atomic E-state index is -0.396. The number of carbonyl (C=O) groups excluding carboxylic acids is 1. The Kier molecular flexibility index (Phi) is 4.75. The van der Waals surface area contributed by atoms with Gasteiger partial charge in [0.15, 0.2) is 0 Å². The number of nitrogens with zero attached hydrogens (tertiary/aromatic N) is 4. The van der Waals surface area contributed by atoms with Crippen molar-refractivity contribution in [2.45, 2.75) is 25.9 Å². The molecule has 1 amide bonds. The Hall–Kier alpha value is -2.48. The number of carbonyl (C=O) groups is 1. The van der Waals surface area contributed by atoms with E-state index in [9.17, 15) is 9.59 Å². The predicted octanol–water partition coefficient (Wildman–Crippen LogP) is 0.345. The maximum Gasteiger partial charge on any atom is 0.251 e. The van der Waals surface area contributed by atoms with E-state index >= 15 is 0 Å². The summed E-state index contributed by atoms with van der Waals surface area (Å²) < 4.78 is 7.46. The van der Waals surface area contributed by atoms with Gasteiger partial charge >= 0.3 is 0 Å². The second-order valence-corrected chi connectivity index (χ2v) is 5.92. The van der Waals surface area contributed by atoms with E-state index in [1.165, 1.54) is 6.07 Å². The highest BCUT2D eigenvalue weighted by atomic mass is 16.5. The number of rotatable bonds is 4. The fourth-order valence-electron chi connectivity index (χ4n) is 2.84. The number of aromatic nitrogens is 4. The zero-order valence-corrected chi connectivity index (χ0v) is 13.9. The molecule has 0 aliphatic carbocycles. The van der Waals surface area contributed by atoms with Gasteiger partial charge < -0.3 is 14.6 Å². The zero-order valence-electron chi connectivity index (χ0n) is 13.9. The minimum Gasteiger partial charge on any atom is -0.367 e. The van der Waals surface area contributed by atoms with E-state index in [0.29, 0.717) is 44.1 Å². The summed E-state index contributed by atoms with van der Waals surface area (Å²) in [5.74, 6) is 0.545. The third-order valence-electron chi connectivity index (χ3n) is 4.13. The highest BCUT2D eigenvalue weighted by molar-refractivity contribution is 5.76. The van der Waals surface area contributed by atoms with Gasteiger partial charge in [-0.05, 0) is 19.4 Å². The first kappa shape index (κ1) is 16.4. The van der Waals surface area contributed by atoms with Crippen molar-refractivity contribution in [1.82, 2.24) is 24.6 Å². The largest absolute Gasteiger partial charge is 0.367 e. The van der Waals surface area contributed by atoms with Gasteiger partial charge in [-0.15, -0.1) is 0 Å². The molecule has 1 fully saturated rings. The number of hydrogen-bond acceptors (Lipinski definition) is 5. The third-order valence-corrected chi connectivity index (χ3v) is 4.13. The average Bonchev–Trinajstić information content (AvgIpc) is 2.97. The number of hydrogen-bond donors (Lipinski definition) is 1. The van der Waals surface area contributed by atoms with Gasteiger partial charge in [-0.2, -0.15) is 5.10 Å². The molecule has 0 aromatic carbocycles. The fraction of sp³-hybridized carbons (Fsp3) is 0.500. The Bertz CT molecular complexity index is 782. The van der Waals surface area contributed by atoms with Crippen LogP contribution in [0.3, 0.4) is 0 Å². The first-order chi connectivity index (χ1) is 11.5. The normalized spacial score (nSPS) is 17.9. The first-order valence-corrected chi connectivity index (χ1v) is 7.97. The lowest BCUT2D eigenvalue weighted by atomic mass is 10.2. The third kappa shape index (κ3) is 3.70. The van der Waals surface area contributed by atoms with Crippen LogP contribution in [0.2, 0.25) is 0 Å². The molecule has 0 spiro atoms. The van der Waals surface area contributed by atoms with Gasteiger partial charge in [0, 0.05) is 43.7 Å². The van der Waals surface area contributed by atoms with E-state index in [1.54, 1.807) is 22.7 Å². The van der Waals surface area contributed by atoms with E-state index in [4.69, 9.17) is 4.74 Å². The number of aryl methyl sites for hydroxylation is 3. The topological polar surface area (TPSA) is 93.1 Å². The molecule has 3 heterocycles. The molecule has 128 valence electrons. The number of nitrogens with one attached hydrogen (secondary N) is 1.